The van der Waals surface area contributed by atoms with Gasteiger partial charge >= 0.3 is 0 Å². The maximum absolute atomic E-state index is 6.11. The lowest BCUT2D eigenvalue weighted by molar-refractivity contribution is 0.247. The molecule has 0 bridgehead atoms. The Morgan fingerprint density at radius 2 is 1.78 bits per heavy atom. The van der Waals surface area contributed by atoms with E-state index in [4.69, 9.17) is 10.5 Å². The Kier molecular flexibility index (Phi) is 6.20. The summed E-state index contributed by atoms with van der Waals surface area (Å²) in [5.41, 5.74) is 7.40. The summed E-state index contributed by atoms with van der Waals surface area (Å²) >= 11 is 0. The standard InChI is InChI=1S/C16H27NO/c1-5-12(3)14-9-7-8-10-16(14)18-11-15(17)13(4)6-2/h7-10,12-13,15H,5-6,11,17H2,1-4H3. The van der Waals surface area contributed by atoms with Crippen LogP contribution in [0.3, 0.4) is 0 Å². The number of nitrogens with two attached hydrogens (primary N) is 1. The van der Waals surface area contributed by atoms with Gasteiger partial charge in [-0.15, -0.1) is 0 Å². The molecule has 1 rings (SSSR count). The molecule has 3 atom stereocenters. The van der Waals surface area contributed by atoms with Crippen LogP contribution in [0.2, 0.25) is 0 Å². The highest BCUT2D eigenvalue weighted by Crippen LogP contribution is 2.28. The molecular formula is C16H27NO. The van der Waals surface area contributed by atoms with Crippen molar-refractivity contribution in [2.24, 2.45) is 11.7 Å². The second-order valence-electron chi connectivity index (χ2n) is 5.21. The largest absolute Gasteiger partial charge is 0.492 e. The zero-order valence-corrected chi connectivity index (χ0v) is 12.1. The van der Waals surface area contributed by atoms with E-state index < -0.39 is 0 Å². The Hall–Kier alpha value is -1.02. The molecule has 18 heavy (non-hydrogen) atoms. The highest BCUT2D eigenvalue weighted by molar-refractivity contribution is 5.35. The number of benzene rings is 1. The van der Waals surface area contributed by atoms with Crippen LogP contribution in [0.4, 0.5) is 0 Å². The lowest BCUT2D eigenvalue weighted by atomic mass is 9.97. The fourth-order valence-electron chi connectivity index (χ4n) is 1.89. The average molecular weight is 249 g/mol. The maximum Gasteiger partial charge on any atom is 0.122 e. The van der Waals surface area contributed by atoms with Crippen LogP contribution in [0.1, 0.15) is 52.0 Å². The molecule has 0 spiro atoms. The van der Waals surface area contributed by atoms with Gasteiger partial charge in [-0.1, -0.05) is 52.3 Å². The van der Waals surface area contributed by atoms with E-state index >= 15 is 0 Å². The first kappa shape index (κ1) is 15.0. The quantitative estimate of drug-likeness (QED) is 0.794. The molecule has 2 N–H and O–H groups in total. The summed E-state index contributed by atoms with van der Waals surface area (Å²) in [6.45, 7) is 9.37. The molecule has 0 fully saturated rings. The van der Waals surface area contributed by atoms with E-state index in [-0.39, 0.29) is 6.04 Å². The summed E-state index contributed by atoms with van der Waals surface area (Å²) in [6, 6.07) is 8.40. The third-order valence-electron chi connectivity index (χ3n) is 3.87. The summed E-state index contributed by atoms with van der Waals surface area (Å²) in [7, 11) is 0. The van der Waals surface area contributed by atoms with Crippen molar-refractivity contribution >= 4 is 0 Å². The molecule has 0 aliphatic heterocycles. The topological polar surface area (TPSA) is 35.2 Å². The molecule has 3 unspecified atom stereocenters. The van der Waals surface area contributed by atoms with Crippen molar-refractivity contribution < 1.29 is 4.74 Å². The van der Waals surface area contributed by atoms with Crippen LogP contribution in [0, 0.1) is 5.92 Å². The number of hydrogen-bond acceptors (Lipinski definition) is 2. The third-order valence-corrected chi connectivity index (χ3v) is 3.87. The zero-order chi connectivity index (χ0) is 13.5. The van der Waals surface area contributed by atoms with Crippen molar-refractivity contribution in [3.8, 4) is 5.75 Å². The lowest BCUT2D eigenvalue weighted by Crippen LogP contribution is -2.34. The molecule has 0 aliphatic rings. The maximum atomic E-state index is 6.11. The van der Waals surface area contributed by atoms with Crippen LogP contribution in [0.25, 0.3) is 0 Å². The minimum atomic E-state index is 0.111. The molecule has 0 saturated carbocycles. The Morgan fingerprint density at radius 1 is 1.11 bits per heavy atom. The molecule has 0 aliphatic carbocycles. The van der Waals surface area contributed by atoms with Gasteiger partial charge in [0.25, 0.3) is 0 Å². The third kappa shape index (κ3) is 4.02. The minimum absolute atomic E-state index is 0.111. The predicted molar refractivity (Wildman–Crippen MR) is 78.1 cm³/mol. The molecule has 0 aromatic heterocycles. The Morgan fingerprint density at radius 3 is 2.39 bits per heavy atom. The second kappa shape index (κ2) is 7.42. The van der Waals surface area contributed by atoms with E-state index in [1.165, 1.54) is 5.56 Å². The van der Waals surface area contributed by atoms with Crippen molar-refractivity contribution in [2.45, 2.75) is 52.5 Å². The van der Waals surface area contributed by atoms with Crippen LogP contribution in [0.5, 0.6) is 5.75 Å². The molecule has 2 heteroatoms. The van der Waals surface area contributed by atoms with Crippen molar-refractivity contribution in [3.63, 3.8) is 0 Å². The van der Waals surface area contributed by atoms with Crippen molar-refractivity contribution in [2.75, 3.05) is 6.61 Å². The monoisotopic (exact) mass is 249 g/mol. The van der Waals surface area contributed by atoms with E-state index in [0.29, 0.717) is 18.4 Å². The predicted octanol–water partition coefficient (Wildman–Crippen LogP) is 3.95. The first-order chi connectivity index (χ1) is 8.60. The highest BCUT2D eigenvalue weighted by atomic mass is 16.5. The van der Waals surface area contributed by atoms with E-state index in [1.807, 2.05) is 12.1 Å². The van der Waals surface area contributed by atoms with Gasteiger partial charge in [0.2, 0.25) is 0 Å². The van der Waals surface area contributed by atoms with E-state index in [9.17, 15) is 0 Å². The Bertz CT molecular complexity index is 351. The van der Waals surface area contributed by atoms with Gasteiger partial charge in [0, 0.05) is 6.04 Å². The summed E-state index contributed by atoms with van der Waals surface area (Å²) in [4.78, 5) is 0. The summed E-state index contributed by atoms with van der Waals surface area (Å²) in [6.07, 6.45) is 2.22. The number of para-hydroxylation sites is 1. The van der Waals surface area contributed by atoms with Gasteiger partial charge in [-0.2, -0.15) is 0 Å². The van der Waals surface area contributed by atoms with Crippen LogP contribution in [0.15, 0.2) is 24.3 Å². The fourth-order valence-corrected chi connectivity index (χ4v) is 1.89. The van der Waals surface area contributed by atoms with Gasteiger partial charge in [-0.3, -0.25) is 0 Å². The minimum Gasteiger partial charge on any atom is -0.492 e. The summed E-state index contributed by atoms with van der Waals surface area (Å²) < 4.78 is 5.92. The van der Waals surface area contributed by atoms with Gasteiger partial charge in [0.05, 0.1) is 0 Å². The van der Waals surface area contributed by atoms with Crippen molar-refractivity contribution in [1.29, 1.82) is 0 Å². The average Bonchev–Trinajstić information content (AvgIpc) is 2.43. The van der Waals surface area contributed by atoms with Crippen LogP contribution in [-0.4, -0.2) is 12.6 Å². The molecular weight excluding hydrogens is 222 g/mol. The highest BCUT2D eigenvalue weighted by Gasteiger charge is 2.14. The van der Waals surface area contributed by atoms with Crippen molar-refractivity contribution in [1.82, 2.24) is 0 Å². The Labute approximate surface area is 112 Å². The molecule has 0 saturated heterocycles. The number of rotatable bonds is 7. The molecule has 1 aromatic carbocycles. The van der Waals surface area contributed by atoms with Gasteiger partial charge in [0.15, 0.2) is 0 Å². The van der Waals surface area contributed by atoms with Gasteiger partial charge < -0.3 is 10.5 Å². The van der Waals surface area contributed by atoms with Crippen LogP contribution in [-0.2, 0) is 0 Å². The zero-order valence-electron chi connectivity index (χ0n) is 12.1. The van der Waals surface area contributed by atoms with Crippen LogP contribution < -0.4 is 10.5 Å². The second-order valence-corrected chi connectivity index (χ2v) is 5.21. The fraction of sp³-hybridized carbons (Fsp3) is 0.625. The van der Waals surface area contributed by atoms with Crippen LogP contribution >= 0.6 is 0 Å². The first-order valence-electron chi connectivity index (χ1n) is 7.07. The van der Waals surface area contributed by atoms with Gasteiger partial charge in [0.1, 0.15) is 12.4 Å². The number of hydrogen-bond donors (Lipinski definition) is 1. The molecule has 102 valence electrons. The van der Waals surface area contributed by atoms with Gasteiger partial charge in [-0.25, -0.2) is 0 Å². The lowest BCUT2D eigenvalue weighted by Gasteiger charge is -2.21. The van der Waals surface area contributed by atoms with Gasteiger partial charge in [-0.05, 0) is 29.9 Å². The molecule has 0 radical (unpaired) electrons. The SMILES string of the molecule is CCC(C)c1ccccc1OCC(N)C(C)CC. The van der Waals surface area contributed by atoms with E-state index in [1.54, 1.807) is 0 Å². The summed E-state index contributed by atoms with van der Waals surface area (Å²) in [5, 5.41) is 0. The van der Waals surface area contributed by atoms with Crippen molar-refractivity contribution in [3.05, 3.63) is 29.8 Å². The normalized spacial score (nSPS) is 16.1. The van der Waals surface area contributed by atoms with E-state index in [2.05, 4.69) is 39.8 Å². The molecule has 0 amide bonds. The van der Waals surface area contributed by atoms with E-state index in [0.717, 1.165) is 18.6 Å². The molecule has 2 nitrogen and oxygen atoms in total. The first-order valence-corrected chi connectivity index (χ1v) is 7.07. The Balaban J connectivity index is 2.67. The molecule has 0 heterocycles. The molecule has 1 aromatic rings. The smallest absolute Gasteiger partial charge is 0.122 e. The number of ether oxygens (including phenoxy) is 1. The summed E-state index contributed by atoms with van der Waals surface area (Å²) in [5.74, 6) is 2.02.